The van der Waals surface area contributed by atoms with Crippen molar-refractivity contribution < 1.29 is 34.0 Å². The van der Waals surface area contributed by atoms with Gasteiger partial charge in [-0.05, 0) is 17.2 Å². The Bertz CT molecular complexity index is 1300. The highest BCUT2D eigenvalue weighted by molar-refractivity contribution is 5.76. The maximum Gasteiger partial charge on any atom is 0.333 e. The normalized spacial score (nSPS) is 10.7. The fourth-order valence-corrected chi connectivity index (χ4v) is 3.25. The van der Waals surface area contributed by atoms with Crippen molar-refractivity contribution in [3.05, 3.63) is 92.1 Å². The van der Waals surface area contributed by atoms with Gasteiger partial charge in [0.05, 0.1) is 25.0 Å². The quantitative estimate of drug-likeness (QED) is 0.236. The van der Waals surface area contributed by atoms with Gasteiger partial charge in [0, 0.05) is 6.42 Å². The molecule has 0 amide bonds. The van der Waals surface area contributed by atoms with Gasteiger partial charge in [0.15, 0.2) is 0 Å². The number of aliphatic carboxylic acids is 1. The molecule has 36 heavy (non-hydrogen) atoms. The first-order chi connectivity index (χ1) is 17.3. The third kappa shape index (κ3) is 7.57. The highest BCUT2D eigenvalue weighted by atomic mass is 16.6. The van der Waals surface area contributed by atoms with Crippen LogP contribution >= 0.6 is 0 Å². The Morgan fingerprint density at radius 1 is 0.944 bits per heavy atom. The number of benzene rings is 2. The summed E-state index contributed by atoms with van der Waals surface area (Å²) >= 11 is 0. The number of hydrogen-bond acceptors (Lipinski definition) is 8. The molecule has 1 aromatic heterocycles. The van der Waals surface area contributed by atoms with Crippen LogP contribution < -0.4 is 16.0 Å². The second-order valence-electron chi connectivity index (χ2n) is 7.70. The van der Waals surface area contributed by atoms with Crippen molar-refractivity contribution in [1.29, 1.82) is 0 Å². The monoisotopic (exact) mass is 498 g/mol. The summed E-state index contributed by atoms with van der Waals surface area (Å²) < 4.78 is 16.8. The molecular formula is C25H26N2O9. The third-order valence-corrected chi connectivity index (χ3v) is 5.09. The van der Waals surface area contributed by atoms with Gasteiger partial charge in [0.2, 0.25) is 5.88 Å². The van der Waals surface area contributed by atoms with Crippen molar-refractivity contribution >= 4 is 11.9 Å². The summed E-state index contributed by atoms with van der Waals surface area (Å²) in [6, 6.07) is 16.6. The van der Waals surface area contributed by atoms with Gasteiger partial charge in [0.1, 0.15) is 25.7 Å². The average Bonchev–Trinajstić information content (AvgIpc) is 2.86. The molecule has 190 valence electrons. The first-order valence-corrected chi connectivity index (χ1v) is 11.1. The van der Waals surface area contributed by atoms with E-state index in [0.29, 0.717) is 17.9 Å². The minimum absolute atomic E-state index is 0.00635. The van der Waals surface area contributed by atoms with E-state index in [1.54, 1.807) is 24.3 Å². The molecule has 0 atom stereocenters. The SMILES string of the molecule is O=C(O)CCC(=O)OCCOCn1c(=O)[nH]c(O)c(Cc2ccccc2OCc2ccccc2)c1=O. The predicted molar refractivity (Wildman–Crippen MR) is 127 cm³/mol. The Labute approximate surface area is 205 Å². The highest BCUT2D eigenvalue weighted by Crippen LogP contribution is 2.23. The largest absolute Gasteiger partial charge is 0.494 e. The molecule has 3 aromatic rings. The summed E-state index contributed by atoms with van der Waals surface area (Å²) in [4.78, 5) is 49.3. The van der Waals surface area contributed by atoms with E-state index >= 15 is 0 Å². The Balaban J connectivity index is 1.64. The van der Waals surface area contributed by atoms with Crippen LogP contribution in [0.1, 0.15) is 29.5 Å². The zero-order valence-electron chi connectivity index (χ0n) is 19.3. The highest BCUT2D eigenvalue weighted by Gasteiger charge is 2.16. The van der Waals surface area contributed by atoms with Crippen LogP contribution in [0.3, 0.4) is 0 Å². The van der Waals surface area contributed by atoms with Crippen LogP contribution in [0.2, 0.25) is 0 Å². The lowest BCUT2D eigenvalue weighted by Gasteiger charge is -2.13. The molecule has 0 radical (unpaired) electrons. The van der Waals surface area contributed by atoms with Crippen molar-refractivity contribution in [3.63, 3.8) is 0 Å². The van der Waals surface area contributed by atoms with Crippen LogP contribution in [0.5, 0.6) is 11.6 Å². The molecule has 0 saturated carbocycles. The van der Waals surface area contributed by atoms with E-state index in [9.17, 15) is 24.3 Å². The van der Waals surface area contributed by atoms with E-state index in [2.05, 4.69) is 4.98 Å². The fraction of sp³-hybridized carbons (Fsp3) is 0.280. The first-order valence-electron chi connectivity index (χ1n) is 11.1. The van der Waals surface area contributed by atoms with Crippen molar-refractivity contribution in [2.45, 2.75) is 32.6 Å². The van der Waals surface area contributed by atoms with E-state index in [1.165, 1.54) is 0 Å². The molecule has 0 aliphatic heterocycles. The third-order valence-electron chi connectivity index (χ3n) is 5.09. The van der Waals surface area contributed by atoms with Gasteiger partial charge in [-0.2, -0.15) is 0 Å². The molecule has 0 aliphatic rings. The number of rotatable bonds is 13. The molecule has 0 saturated heterocycles. The zero-order chi connectivity index (χ0) is 25.9. The Hall–Kier alpha value is -4.38. The zero-order valence-corrected chi connectivity index (χ0v) is 19.3. The number of nitrogens with one attached hydrogen (secondary N) is 1. The lowest BCUT2D eigenvalue weighted by Crippen LogP contribution is -2.38. The summed E-state index contributed by atoms with van der Waals surface area (Å²) in [6.45, 7) is -0.437. The summed E-state index contributed by atoms with van der Waals surface area (Å²) in [6.07, 6.45) is -0.624. The van der Waals surface area contributed by atoms with Crippen LogP contribution in [0.4, 0.5) is 0 Å². The summed E-state index contributed by atoms with van der Waals surface area (Å²) in [5.74, 6) is -1.84. The second-order valence-corrected chi connectivity index (χ2v) is 7.70. The van der Waals surface area contributed by atoms with E-state index in [-0.39, 0.29) is 38.0 Å². The number of ether oxygens (including phenoxy) is 3. The first kappa shape index (κ1) is 26.2. The molecule has 2 aromatic carbocycles. The van der Waals surface area contributed by atoms with Crippen molar-refractivity contribution in [3.8, 4) is 11.6 Å². The van der Waals surface area contributed by atoms with E-state index in [0.717, 1.165) is 10.1 Å². The van der Waals surface area contributed by atoms with Crippen molar-refractivity contribution in [2.75, 3.05) is 13.2 Å². The van der Waals surface area contributed by atoms with Gasteiger partial charge < -0.3 is 24.4 Å². The van der Waals surface area contributed by atoms with Crippen molar-refractivity contribution in [2.24, 2.45) is 0 Å². The van der Waals surface area contributed by atoms with Gasteiger partial charge in [-0.1, -0.05) is 48.5 Å². The lowest BCUT2D eigenvalue weighted by atomic mass is 10.1. The molecule has 3 N–H and O–H groups in total. The van der Waals surface area contributed by atoms with Gasteiger partial charge >= 0.3 is 17.6 Å². The van der Waals surface area contributed by atoms with Crippen LogP contribution in [0.25, 0.3) is 0 Å². The smallest absolute Gasteiger partial charge is 0.333 e. The van der Waals surface area contributed by atoms with E-state index in [4.69, 9.17) is 19.3 Å². The van der Waals surface area contributed by atoms with Crippen molar-refractivity contribution in [1.82, 2.24) is 9.55 Å². The number of aromatic hydroxyl groups is 1. The van der Waals surface area contributed by atoms with E-state index < -0.39 is 35.8 Å². The molecule has 0 fully saturated rings. The Morgan fingerprint density at radius 2 is 1.67 bits per heavy atom. The molecule has 0 bridgehead atoms. The van der Waals surface area contributed by atoms with Crippen LogP contribution in [-0.4, -0.2) is 44.9 Å². The van der Waals surface area contributed by atoms with Gasteiger partial charge in [-0.15, -0.1) is 0 Å². The number of esters is 1. The minimum atomic E-state index is -1.12. The van der Waals surface area contributed by atoms with Gasteiger partial charge in [-0.25, -0.2) is 9.36 Å². The minimum Gasteiger partial charge on any atom is -0.494 e. The van der Waals surface area contributed by atoms with E-state index in [1.807, 2.05) is 30.3 Å². The predicted octanol–water partition coefficient (Wildman–Crippen LogP) is 1.79. The Kier molecular flexibility index (Phi) is 9.40. The number of carbonyl (C=O) groups is 2. The van der Waals surface area contributed by atoms with Gasteiger partial charge in [-0.3, -0.25) is 19.4 Å². The number of aromatic amines is 1. The molecule has 3 rings (SSSR count). The molecule has 11 heteroatoms. The van der Waals surface area contributed by atoms with Crippen LogP contribution in [0, 0.1) is 0 Å². The fourth-order valence-electron chi connectivity index (χ4n) is 3.25. The number of para-hydroxylation sites is 1. The topological polar surface area (TPSA) is 157 Å². The summed E-state index contributed by atoms with van der Waals surface area (Å²) in [5, 5.41) is 18.8. The summed E-state index contributed by atoms with van der Waals surface area (Å²) in [7, 11) is 0. The number of H-pyrrole nitrogens is 1. The summed E-state index contributed by atoms with van der Waals surface area (Å²) in [5.41, 5.74) is -0.0603. The number of carboxylic acids is 1. The van der Waals surface area contributed by atoms with Crippen LogP contribution in [-0.2, 0) is 38.8 Å². The molecule has 1 heterocycles. The number of aromatic nitrogens is 2. The molecule has 0 spiro atoms. The van der Waals surface area contributed by atoms with Crippen LogP contribution in [0.15, 0.2) is 64.2 Å². The lowest BCUT2D eigenvalue weighted by molar-refractivity contribution is -0.149. The standard InChI is InChI=1S/C25H26N2O9/c28-21(29)10-11-22(30)35-13-12-34-16-27-24(32)19(23(31)26-25(27)33)14-18-8-4-5-9-20(18)36-15-17-6-2-1-3-7-17/h1-9,31H,10-16H2,(H,26,33)(H,28,29). The molecule has 0 unspecified atom stereocenters. The number of carboxylic acid groups (broad SMARTS) is 1. The van der Waals surface area contributed by atoms with Gasteiger partial charge in [0.25, 0.3) is 5.56 Å². The number of hydrogen-bond donors (Lipinski definition) is 3. The maximum absolute atomic E-state index is 12.9. The average molecular weight is 498 g/mol. The molecule has 11 nitrogen and oxygen atoms in total. The number of nitrogens with zero attached hydrogens (tertiary/aromatic N) is 1. The molecule has 0 aliphatic carbocycles. The second kappa shape index (κ2) is 12.9. The number of carbonyl (C=O) groups excluding carboxylic acids is 1. The maximum atomic E-state index is 12.9. The Morgan fingerprint density at radius 3 is 2.42 bits per heavy atom. The molecular weight excluding hydrogens is 472 g/mol.